The number of nitrogens with one attached hydrogen (secondary N) is 1. The monoisotopic (exact) mass is 434 g/mol. The molecule has 3 aromatic heterocycles. The van der Waals surface area contributed by atoms with E-state index in [0.717, 1.165) is 26.7 Å². The van der Waals surface area contributed by atoms with Gasteiger partial charge in [0, 0.05) is 17.6 Å². The molecule has 0 bridgehead atoms. The maximum Gasteiger partial charge on any atom is 0.242 e. The number of imidazole rings is 1. The lowest BCUT2D eigenvalue weighted by molar-refractivity contribution is -0.139. The average molecular weight is 435 g/mol. The van der Waals surface area contributed by atoms with Gasteiger partial charge in [0.25, 0.3) is 0 Å². The summed E-state index contributed by atoms with van der Waals surface area (Å²) in [5.41, 5.74) is 2.64. The first kappa shape index (κ1) is 19.7. The second-order valence-electron chi connectivity index (χ2n) is 7.41. The smallest absolute Gasteiger partial charge is 0.242 e. The first-order chi connectivity index (χ1) is 15.2. The van der Waals surface area contributed by atoms with Gasteiger partial charge in [-0.05, 0) is 31.2 Å². The molecule has 1 unspecified atom stereocenters. The number of aromatic nitrogens is 4. The normalized spacial score (nSPS) is 16.5. The number of rotatable bonds is 5. The van der Waals surface area contributed by atoms with Crippen LogP contribution in [0.2, 0.25) is 0 Å². The van der Waals surface area contributed by atoms with E-state index in [0.29, 0.717) is 25.5 Å². The third-order valence-corrected chi connectivity index (χ3v) is 6.04. The van der Waals surface area contributed by atoms with Gasteiger partial charge < -0.3 is 19.5 Å². The van der Waals surface area contributed by atoms with Crippen LogP contribution in [0, 0.1) is 6.92 Å². The lowest BCUT2D eigenvalue weighted by atomic mass is 10.2. The van der Waals surface area contributed by atoms with Crippen molar-refractivity contribution in [3.63, 3.8) is 0 Å². The molecule has 1 amide bonds. The molecule has 0 spiro atoms. The summed E-state index contributed by atoms with van der Waals surface area (Å²) < 4.78 is 7.83. The molecular weight excluding hydrogens is 412 g/mol. The molecule has 0 radical (unpaired) electrons. The molecule has 31 heavy (non-hydrogen) atoms. The van der Waals surface area contributed by atoms with Crippen LogP contribution >= 0.6 is 11.3 Å². The predicted molar refractivity (Wildman–Crippen MR) is 119 cm³/mol. The topological polar surface area (TPSA) is 85.2 Å². The van der Waals surface area contributed by atoms with Crippen molar-refractivity contribution in [1.82, 2.24) is 24.4 Å². The van der Waals surface area contributed by atoms with Crippen molar-refractivity contribution in [3.05, 3.63) is 65.6 Å². The molecule has 0 saturated carbocycles. The van der Waals surface area contributed by atoms with Crippen LogP contribution in [0.25, 0.3) is 11.0 Å². The molecule has 1 aromatic carbocycles. The molecule has 1 atom stereocenters. The number of anilines is 2. The highest BCUT2D eigenvalue weighted by atomic mass is 32.1. The summed E-state index contributed by atoms with van der Waals surface area (Å²) in [5.74, 6) is 0.757. The maximum absolute atomic E-state index is 13.0. The fourth-order valence-corrected chi connectivity index (χ4v) is 4.33. The lowest BCUT2D eigenvalue weighted by Crippen LogP contribution is -2.43. The van der Waals surface area contributed by atoms with Crippen molar-refractivity contribution < 1.29 is 9.53 Å². The second-order valence-corrected chi connectivity index (χ2v) is 8.64. The molecular formula is C22H22N6O2S. The second kappa shape index (κ2) is 8.44. The summed E-state index contributed by atoms with van der Waals surface area (Å²) in [5, 5.41) is 4.04. The molecule has 1 aliphatic rings. The number of nitrogens with zero attached hydrogens (tertiary/aromatic N) is 5. The van der Waals surface area contributed by atoms with Gasteiger partial charge in [-0.25, -0.2) is 15.0 Å². The van der Waals surface area contributed by atoms with Crippen molar-refractivity contribution in [2.24, 2.45) is 0 Å². The van der Waals surface area contributed by atoms with E-state index in [2.05, 4.69) is 20.3 Å². The highest BCUT2D eigenvalue weighted by Gasteiger charge is 2.26. The molecule has 1 saturated heterocycles. The fraction of sp³-hybridized carbons (Fsp3) is 0.273. The van der Waals surface area contributed by atoms with Gasteiger partial charge in [0.2, 0.25) is 5.91 Å². The predicted octanol–water partition coefficient (Wildman–Crippen LogP) is 3.54. The van der Waals surface area contributed by atoms with Crippen molar-refractivity contribution in [2.75, 3.05) is 25.0 Å². The standard InChI is InChI=1S/C22H22N6O2S/c1-15-11-23-22(31-15)26-20-8-4-6-17(25-20)19-12-27(9-10-30-19)21(29)13-28-14-24-16-5-2-3-7-18(16)28/h2-8,11,14,19H,9-10,12-13H2,1H3,(H,23,25,26). The minimum absolute atomic E-state index is 0.0454. The van der Waals surface area contributed by atoms with Gasteiger partial charge in [-0.2, -0.15) is 0 Å². The van der Waals surface area contributed by atoms with E-state index in [-0.39, 0.29) is 18.6 Å². The molecule has 9 heteroatoms. The molecule has 158 valence electrons. The van der Waals surface area contributed by atoms with Crippen LogP contribution in [0.4, 0.5) is 10.9 Å². The summed E-state index contributed by atoms with van der Waals surface area (Å²) in [6, 6.07) is 13.6. The van der Waals surface area contributed by atoms with E-state index < -0.39 is 0 Å². The Balaban J connectivity index is 1.27. The van der Waals surface area contributed by atoms with E-state index in [9.17, 15) is 4.79 Å². The Morgan fingerprint density at radius 1 is 1.23 bits per heavy atom. The lowest BCUT2D eigenvalue weighted by Gasteiger charge is -2.33. The van der Waals surface area contributed by atoms with Crippen molar-refractivity contribution >= 4 is 39.2 Å². The van der Waals surface area contributed by atoms with E-state index in [1.54, 1.807) is 17.7 Å². The minimum atomic E-state index is -0.267. The largest absolute Gasteiger partial charge is 0.368 e. The van der Waals surface area contributed by atoms with E-state index in [1.165, 1.54) is 0 Å². The number of ether oxygens (including phenoxy) is 1. The summed E-state index contributed by atoms with van der Waals surface area (Å²) in [7, 11) is 0. The van der Waals surface area contributed by atoms with E-state index in [4.69, 9.17) is 4.74 Å². The number of morpholine rings is 1. The van der Waals surface area contributed by atoms with Crippen molar-refractivity contribution in [1.29, 1.82) is 0 Å². The number of hydrogen-bond acceptors (Lipinski definition) is 7. The Morgan fingerprint density at radius 3 is 3.00 bits per heavy atom. The summed E-state index contributed by atoms with van der Waals surface area (Å²) in [6.07, 6.45) is 3.28. The molecule has 4 aromatic rings. The first-order valence-corrected chi connectivity index (χ1v) is 10.9. The molecule has 5 rings (SSSR count). The van der Waals surface area contributed by atoms with Crippen LogP contribution in [-0.2, 0) is 16.1 Å². The van der Waals surface area contributed by atoms with Gasteiger partial charge in [0.15, 0.2) is 5.13 Å². The number of benzene rings is 1. The summed E-state index contributed by atoms with van der Waals surface area (Å²) in [6.45, 7) is 3.79. The third kappa shape index (κ3) is 4.28. The summed E-state index contributed by atoms with van der Waals surface area (Å²) in [4.78, 5) is 29.3. The fourth-order valence-electron chi connectivity index (χ4n) is 3.66. The Morgan fingerprint density at radius 2 is 2.13 bits per heavy atom. The summed E-state index contributed by atoms with van der Waals surface area (Å²) >= 11 is 1.58. The molecule has 8 nitrogen and oxygen atoms in total. The first-order valence-electron chi connectivity index (χ1n) is 10.1. The van der Waals surface area contributed by atoms with E-state index >= 15 is 0 Å². The highest BCUT2D eigenvalue weighted by molar-refractivity contribution is 7.15. The number of carbonyl (C=O) groups excluding carboxylic acids is 1. The Kier molecular flexibility index (Phi) is 5.35. The van der Waals surface area contributed by atoms with Gasteiger partial charge in [-0.1, -0.05) is 18.2 Å². The molecule has 4 heterocycles. The Hall–Kier alpha value is -3.30. The molecule has 1 fully saturated rings. The van der Waals surface area contributed by atoms with Crippen molar-refractivity contribution in [2.45, 2.75) is 19.6 Å². The van der Waals surface area contributed by atoms with Crippen LogP contribution in [0.3, 0.4) is 0 Å². The number of hydrogen-bond donors (Lipinski definition) is 1. The third-order valence-electron chi connectivity index (χ3n) is 5.21. The quantitative estimate of drug-likeness (QED) is 0.517. The number of carbonyl (C=O) groups is 1. The maximum atomic E-state index is 13.0. The number of thiazole rings is 1. The highest BCUT2D eigenvalue weighted by Crippen LogP contribution is 2.25. The van der Waals surface area contributed by atoms with Crippen LogP contribution in [0.5, 0.6) is 0 Å². The van der Waals surface area contributed by atoms with Crippen LogP contribution in [0.15, 0.2) is 55.0 Å². The zero-order chi connectivity index (χ0) is 21.2. The molecule has 1 N–H and O–H groups in total. The van der Waals surface area contributed by atoms with Gasteiger partial charge in [0.05, 0.1) is 36.2 Å². The van der Waals surface area contributed by atoms with Crippen LogP contribution in [-0.4, -0.2) is 50.0 Å². The van der Waals surface area contributed by atoms with Crippen LogP contribution in [0.1, 0.15) is 16.7 Å². The van der Waals surface area contributed by atoms with Gasteiger partial charge in [-0.15, -0.1) is 11.3 Å². The molecule has 1 aliphatic heterocycles. The average Bonchev–Trinajstić information content (AvgIpc) is 3.40. The number of pyridine rings is 1. The SMILES string of the molecule is Cc1cnc(Nc2cccc(C3CN(C(=O)Cn4cnc5ccccc54)CCO3)n2)s1. The van der Waals surface area contributed by atoms with Gasteiger partial charge in [-0.3, -0.25) is 4.79 Å². The van der Waals surface area contributed by atoms with Gasteiger partial charge in [0.1, 0.15) is 18.5 Å². The van der Waals surface area contributed by atoms with Crippen molar-refractivity contribution in [3.8, 4) is 0 Å². The van der Waals surface area contributed by atoms with Gasteiger partial charge >= 0.3 is 0 Å². The Bertz CT molecular complexity index is 1220. The zero-order valence-corrected chi connectivity index (χ0v) is 17.9. The number of para-hydroxylation sites is 2. The zero-order valence-electron chi connectivity index (χ0n) is 17.1. The number of fused-ring (bicyclic) bond motifs is 1. The Labute approximate surface area is 183 Å². The van der Waals surface area contributed by atoms with E-state index in [1.807, 2.05) is 65.1 Å². The minimum Gasteiger partial charge on any atom is -0.368 e. The van der Waals surface area contributed by atoms with Crippen LogP contribution < -0.4 is 5.32 Å². The molecule has 0 aliphatic carbocycles. The number of amides is 1. The number of aryl methyl sites for hydroxylation is 1.